The fraction of sp³-hybridized carbons (Fsp3) is 0.333. The monoisotopic (exact) mass is 452 g/mol. The second-order valence-corrected chi connectivity index (χ2v) is 8.41. The zero-order chi connectivity index (χ0) is 22.7. The maximum Gasteiger partial charge on any atom is 0.267 e. The fourth-order valence-electron chi connectivity index (χ4n) is 3.29. The molecule has 3 N–H and O–H groups in total. The van der Waals surface area contributed by atoms with Crippen molar-refractivity contribution in [2.45, 2.75) is 27.2 Å². The topological polar surface area (TPSA) is 125 Å². The maximum atomic E-state index is 12.7. The molecular formula is C21H24N8O2S. The van der Waals surface area contributed by atoms with Gasteiger partial charge in [-0.15, -0.1) is 0 Å². The normalized spacial score (nSPS) is 13.6. The Labute approximate surface area is 189 Å². The van der Waals surface area contributed by atoms with Crippen molar-refractivity contribution in [3.63, 3.8) is 0 Å². The third kappa shape index (κ3) is 4.83. The molecule has 0 saturated carbocycles. The fourth-order valence-corrected chi connectivity index (χ4v) is 4.00. The number of piperazine rings is 1. The smallest absolute Gasteiger partial charge is 0.267 e. The molecule has 0 bridgehead atoms. The van der Waals surface area contributed by atoms with E-state index in [1.54, 1.807) is 0 Å². The van der Waals surface area contributed by atoms with Crippen molar-refractivity contribution < 1.29 is 9.59 Å². The Hall–Kier alpha value is -3.60. The summed E-state index contributed by atoms with van der Waals surface area (Å²) in [6, 6.07) is 5.87. The lowest BCUT2D eigenvalue weighted by Crippen LogP contribution is -2.48. The minimum absolute atomic E-state index is 0.0660. The number of aromatic nitrogens is 4. The van der Waals surface area contributed by atoms with Gasteiger partial charge in [0.1, 0.15) is 10.7 Å². The van der Waals surface area contributed by atoms with Crippen molar-refractivity contribution in [2.75, 3.05) is 35.2 Å². The average Bonchev–Trinajstić information content (AvgIpc) is 3.24. The number of benzene rings is 1. The number of nitrogens with zero attached hydrogens (tertiary/aromatic N) is 5. The summed E-state index contributed by atoms with van der Waals surface area (Å²) in [6.07, 6.45) is 2.14. The Kier molecular flexibility index (Phi) is 6.26. The highest BCUT2D eigenvalue weighted by Gasteiger charge is 2.21. The number of anilines is 4. The molecule has 2 aromatic heterocycles. The van der Waals surface area contributed by atoms with Gasteiger partial charge >= 0.3 is 0 Å². The number of nitrogens with one attached hydrogen (secondary N) is 3. The van der Waals surface area contributed by atoms with Crippen LogP contribution in [-0.2, 0) is 11.2 Å². The van der Waals surface area contributed by atoms with Gasteiger partial charge in [-0.3, -0.25) is 14.9 Å². The highest BCUT2D eigenvalue weighted by atomic mass is 32.1. The summed E-state index contributed by atoms with van der Waals surface area (Å²) in [5.74, 6) is 1.09. The van der Waals surface area contributed by atoms with Crippen molar-refractivity contribution in [2.24, 2.45) is 0 Å². The highest BCUT2D eigenvalue weighted by Crippen LogP contribution is 2.25. The molecule has 0 aliphatic carbocycles. The molecule has 1 aliphatic rings. The van der Waals surface area contributed by atoms with E-state index in [2.05, 4.69) is 35.9 Å². The molecule has 166 valence electrons. The highest BCUT2D eigenvalue weighted by molar-refractivity contribution is 7.17. The van der Waals surface area contributed by atoms with Crippen molar-refractivity contribution in [1.82, 2.24) is 25.3 Å². The van der Waals surface area contributed by atoms with Crippen molar-refractivity contribution in [3.8, 4) is 0 Å². The van der Waals surface area contributed by atoms with E-state index in [-0.39, 0.29) is 18.4 Å². The summed E-state index contributed by atoms with van der Waals surface area (Å²) in [5.41, 5.74) is 2.80. The summed E-state index contributed by atoms with van der Waals surface area (Å²) in [5, 5.41) is 9.32. The third-order valence-corrected chi connectivity index (χ3v) is 5.89. The maximum absolute atomic E-state index is 12.7. The summed E-state index contributed by atoms with van der Waals surface area (Å²) in [4.78, 5) is 44.4. The van der Waals surface area contributed by atoms with E-state index in [0.717, 1.165) is 16.8 Å². The Morgan fingerprint density at radius 2 is 2.00 bits per heavy atom. The lowest BCUT2D eigenvalue weighted by atomic mass is 10.1. The molecule has 0 unspecified atom stereocenters. The number of carbonyl (C=O) groups is 2. The first-order valence-corrected chi connectivity index (χ1v) is 11.1. The first-order chi connectivity index (χ1) is 15.4. The zero-order valence-corrected chi connectivity index (χ0v) is 18.9. The zero-order valence-electron chi connectivity index (χ0n) is 18.1. The van der Waals surface area contributed by atoms with Crippen LogP contribution < -0.4 is 20.9 Å². The number of rotatable bonds is 6. The SMILES string of the molecule is CCc1nc(Nc2ncc(C(=O)Nc3c(C)cccc3C)s2)nc(N2CCNC(=O)C2)n1. The molecule has 2 amide bonds. The molecule has 1 aliphatic heterocycles. The molecule has 32 heavy (non-hydrogen) atoms. The van der Waals surface area contributed by atoms with E-state index >= 15 is 0 Å². The molecular weight excluding hydrogens is 428 g/mol. The Morgan fingerprint density at radius 3 is 2.72 bits per heavy atom. The van der Waals surface area contributed by atoms with Crippen molar-refractivity contribution in [3.05, 3.63) is 46.2 Å². The lowest BCUT2D eigenvalue weighted by molar-refractivity contribution is -0.120. The summed E-state index contributed by atoms with van der Waals surface area (Å²) >= 11 is 1.21. The molecule has 10 nitrogen and oxygen atoms in total. The Bertz CT molecular complexity index is 1140. The van der Waals surface area contributed by atoms with Crippen LogP contribution in [0.25, 0.3) is 0 Å². The van der Waals surface area contributed by atoms with Crippen LogP contribution in [0.5, 0.6) is 0 Å². The number of hydrogen-bond donors (Lipinski definition) is 3. The predicted octanol–water partition coefficient (Wildman–Crippen LogP) is 2.44. The van der Waals surface area contributed by atoms with Crippen LogP contribution in [0.15, 0.2) is 24.4 Å². The molecule has 0 spiro atoms. The van der Waals surface area contributed by atoms with Crippen LogP contribution in [0.4, 0.5) is 22.7 Å². The van der Waals surface area contributed by atoms with Gasteiger partial charge in [0.25, 0.3) is 5.91 Å². The number of hydrogen-bond acceptors (Lipinski definition) is 9. The largest absolute Gasteiger partial charge is 0.353 e. The second-order valence-electron chi connectivity index (χ2n) is 7.38. The quantitative estimate of drug-likeness (QED) is 0.521. The number of aryl methyl sites for hydroxylation is 3. The van der Waals surface area contributed by atoms with Gasteiger partial charge in [-0.05, 0) is 25.0 Å². The first kappa shape index (κ1) is 21.6. The molecule has 1 saturated heterocycles. The molecule has 11 heteroatoms. The number of thiazole rings is 1. The van der Waals surface area contributed by atoms with Gasteiger partial charge in [0.05, 0.1) is 12.7 Å². The van der Waals surface area contributed by atoms with E-state index in [0.29, 0.717) is 47.2 Å². The van der Waals surface area contributed by atoms with Gasteiger partial charge < -0.3 is 15.5 Å². The van der Waals surface area contributed by atoms with Crippen LogP contribution in [0.2, 0.25) is 0 Å². The minimum atomic E-state index is -0.224. The van der Waals surface area contributed by atoms with Gasteiger partial charge in [-0.25, -0.2) is 4.98 Å². The van der Waals surface area contributed by atoms with Crippen LogP contribution in [0.1, 0.15) is 33.5 Å². The van der Waals surface area contributed by atoms with Crippen molar-refractivity contribution >= 4 is 45.9 Å². The second kappa shape index (κ2) is 9.27. The number of para-hydroxylation sites is 1. The van der Waals surface area contributed by atoms with Gasteiger partial charge in [0.15, 0.2) is 5.13 Å². The molecule has 3 heterocycles. The van der Waals surface area contributed by atoms with E-state index in [1.165, 1.54) is 17.5 Å². The summed E-state index contributed by atoms with van der Waals surface area (Å²) in [6.45, 7) is 7.23. The molecule has 3 aromatic rings. The first-order valence-electron chi connectivity index (χ1n) is 10.3. The average molecular weight is 453 g/mol. The molecule has 1 aromatic carbocycles. The van der Waals surface area contributed by atoms with E-state index in [9.17, 15) is 9.59 Å². The molecule has 4 rings (SSSR count). The number of amides is 2. The minimum Gasteiger partial charge on any atom is -0.353 e. The van der Waals surface area contributed by atoms with E-state index < -0.39 is 0 Å². The van der Waals surface area contributed by atoms with Crippen molar-refractivity contribution in [1.29, 1.82) is 0 Å². The molecule has 1 fully saturated rings. The standard InChI is InChI=1S/C21H24N8O2S/c1-4-15-24-19(27-20(25-15)29-9-8-22-16(30)11-29)28-21-23-10-14(32-21)18(31)26-17-12(2)6-5-7-13(17)3/h5-7,10H,4,8-9,11H2,1-3H3,(H,22,30)(H,26,31)(H,23,24,25,27,28). The molecule has 0 atom stereocenters. The predicted molar refractivity (Wildman–Crippen MR) is 124 cm³/mol. The van der Waals surface area contributed by atoms with E-state index in [4.69, 9.17) is 0 Å². The van der Waals surface area contributed by atoms with Crippen LogP contribution in [-0.4, -0.2) is 51.4 Å². The third-order valence-electron chi connectivity index (χ3n) is 4.98. The summed E-state index contributed by atoms with van der Waals surface area (Å²) < 4.78 is 0. The van der Waals surface area contributed by atoms with Gasteiger partial charge in [-0.2, -0.15) is 15.0 Å². The van der Waals surface area contributed by atoms with Gasteiger partial charge in [0, 0.05) is 25.2 Å². The summed E-state index contributed by atoms with van der Waals surface area (Å²) in [7, 11) is 0. The molecule has 0 radical (unpaired) electrons. The van der Waals surface area contributed by atoms with Gasteiger partial charge in [-0.1, -0.05) is 36.5 Å². The van der Waals surface area contributed by atoms with Crippen LogP contribution >= 0.6 is 11.3 Å². The van der Waals surface area contributed by atoms with E-state index in [1.807, 2.05) is 43.9 Å². The number of carbonyl (C=O) groups excluding carboxylic acids is 2. The Morgan fingerprint density at radius 1 is 1.22 bits per heavy atom. The van der Waals surface area contributed by atoms with Crippen LogP contribution in [0, 0.1) is 13.8 Å². The lowest BCUT2D eigenvalue weighted by Gasteiger charge is -2.26. The van der Waals surface area contributed by atoms with Crippen LogP contribution in [0.3, 0.4) is 0 Å². The Balaban J connectivity index is 1.51. The van der Waals surface area contributed by atoms with Gasteiger partial charge in [0.2, 0.25) is 17.8 Å².